The van der Waals surface area contributed by atoms with E-state index >= 15 is 0 Å². The Hall–Kier alpha value is -8.04. The Bertz CT molecular complexity index is 3530. The molecule has 0 fully saturated rings. The van der Waals surface area contributed by atoms with E-state index in [9.17, 15) is 0 Å². The number of hydrogen-bond donors (Lipinski definition) is 3. The van der Waals surface area contributed by atoms with Gasteiger partial charge in [-0.15, -0.1) is 27.8 Å². The van der Waals surface area contributed by atoms with Crippen LogP contribution in [0.5, 0.6) is 0 Å². The summed E-state index contributed by atoms with van der Waals surface area (Å²) >= 11 is 3.55. The molecule has 11 aromatic heterocycles. The fourth-order valence-electron chi connectivity index (χ4n) is 9.43. The molecule has 0 spiro atoms. The van der Waals surface area contributed by atoms with E-state index < -0.39 is 0 Å². The summed E-state index contributed by atoms with van der Waals surface area (Å²) in [4.78, 5) is 25.9. The first-order chi connectivity index (χ1) is 43.6. The Labute approximate surface area is 546 Å². The van der Waals surface area contributed by atoms with Crippen LogP contribution >= 0.6 is 22.7 Å². The molecule has 2 aliphatic rings. The van der Waals surface area contributed by atoms with E-state index in [-0.39, 0.29) is 0 Å². The van der Waals surface area contributed by atoms with Crippen molar-refractivity contribution in [2.24, 2.45) is 0 Å². The number of hydrogen-bond acceptors (Lipinski definition) is 16. The Kier molecular flexibility index (Phi) is 29.1. The quantitative estimate of drug-likeness (QED) is 0.122. The van der Waals surface area contributed by atoms with Crippen LogP contribution in [0.1, 0.15) is 270 Å². The summed E-state index contributed by atoms with van der Waals surface area (Å²) in [6.07, 6.45) is 22.5. The second kappa shape index (κ2) is 36.7. The topological polar surface area (TPSA) is 237 Å². The maximum absolute atomic E-state index is 4.76. The average molecular weight is 1270 g/mol. The van der Waals surface area contributed by atoms with Crippen LogP contribution in [0.4, 0.5) is 0 Å². The number of oxazole rings is 1. The lowest BCUT2D eigenvalue weighted by molar-refractivity contribution is 0.364. The fourth-order valence-corrected chi connectivity index (χ4v) is 10.8. The number of benzene rings is 1. The van der Waals surface area contributed by atoms with Gasteiger partial charge in [0.2, 0.25) is 5.89 Å². The number of nitrogens with one attached hydrogen (secondary N) is 3. The third-order valence-electron chi connectivity index (χ3n) is 14.6. The van der Waals surface area contributed by atoms with Gasteiger partial charge in [0.05, 0.1) is 33.3 Å². The number of rotatable bonds is 9. The first-order valence-corrected chi connectivity index (χ1v) is 34.0. The van der Waals surface area contributed by atoms with E-state index in [1.807, 2.05) is 85.6 Å². The molecule has 488 valence electrons. The number of thiophene rings is 1. The van der Waals surface area contributed by atoms with Crippen molar-refractivity contribution in [2.45, 2.75) is 223 Å². The molecule has 0 saturated heterocycles. The number of aromatic amines is 3. The van der Waals surface area contributed by atoms with Crippen LogP contribution in [0.15, 0.2) is 124 Å². The Morgan fingerprint density at radius 2 is 1.15 bits per heavy atom. The molecule has 11 heterocycles. The molecule has 12 aromatic rings. The van der Waals surface area contributed by atoms with E-state index in [2.05, 4.69) is 210 Å². The molecular weight excluding hydrogens is 1180 g/mol. The second-order valence-corrected chi connectivity index (χ2v) is 27.0. The van der Waals surface area contributed by atoms with Crippen LogP contribution in [-0.4, -0.2) is 84.9 Å². The van der Waals surface area contributed by atoms with Crippen molar-refractivity contribution in [1.82, 2.24) is 84.9 Å². The number of fused-ring (bicyclic) bond motifs is 5. The van der Waals surface area contributed by atoms with Crippen molar-refractivity contribution in [3.8, 4) is 0 Å². The third kappa shape index (κ3) is 22.4. The number of thiazole rings is 1. The second-order valence-electron chi connectivity index (χ2n) is 25.1. The van der Waals surface area contributed by atoms with Gasteiger partial charge in [-0.05, 0) is 121 Å². The van der Waals surface area contributed by atoms with Crippen LogP contribution < -0.4 is 0 Å². The molecule has 0 unspecified atom stereocenters. The molecule has 3 N–H and O–H groups in total. The van der Waals surface area contributed by atoms with E-state index in [4.69, 9.17) is 8.94 Å². The first-order valence-electron chi connectivity index (χ1n) is 32.2. The zero-order chi connectivity index (χ0) is 66.0. The Morgan fingerprint density at radius 1 is 0.505 bits per heavy atom. The van der Waals surface area contributed by atoms with E-state index in [1.54, 1.807) is 39.0 Å². The third-order valence-corrected chi connectivity index (χ3v) is 16.8. The highest BCUT2D eigenvalue weighted by molar-refractivity contribution is 7.10. The minimum absolute atomic E-state index is 0.345. The predicted molar refractivity (Wildman–Crippen MR) is 370 cm³/mol. The van der Waals surface area contributed by atoms with Gasteiger partial charge in [0.15, 0.2) is 24.2 Å². The summed E-state index contributed by atoms with van der Waals surface area (Å²) in [5.74, 6) is 6.81. The van der Waals surface area contributed by atoms with E-state index in [0.717, 1.165) is 28.4 Å². The highest BCUT2D eigenvalue weighted by atomic mass is 32.1. The molecule has 21 heteroatoms. The fraction of sp³-hybridized carbons (Fsp3) is 0.486. The molecule has 0 aliphatic heterocycles. The van der Waals surface area contributed by atoms with Gasteiger partial charge < -0.3 is 8.94 Å². The number of aryl methyl sites for hydroxylation is 2. The molecule has 0 bridgehead atoms. The molecule has 91 heavy (non-hydrogen) atoms. The van der Waals surface area contributed by atoms with Crippen molar-refractivity contribution in [3.05, 3.63) is 188 Å². The largest absolute Gasteiger partial charge is 0.451 e. The molecule has 0 radical (unpaired) electrons. The van der Waals surface area contributed by atoms with Gasteiger partial charge in [-0.2, -0.15) is 30.4 Å². The van der Waals surface area contributed by atoms with Gasteiger partial charge in [0.25, 0.3) is 5.78 Å². The monoisotopic (exact) mass is 1270 g/mol. The highest BCUT2D eigenvalue weighted by Crippen LogP contribution is 2.29. The van der Waals surface area contributed by atoms with Crippen molar-refractivity contribution >= 4 is 45.0 Å². The number of nitrogens with zero attached hydrogens (tertiary/aromatic N) is 14. The normalized spacial score (nSPS) is 12.2. The first kappa shape index (κ1) is 72.0. The van der Waals surface area contributed by atoms with Crippen molar-refractivity contribution in [2.75, 3.05) is 0 Å². The SMILES string of the molecule is CC(C)c1[nH]nc2ccccc12.CC(C)c1cc2ncccn2n1.CC(C)c1cccs1.CC(C)c1cocn1.CC(C)c1n[nH]c2c1CCC2.CC(C)c1n[nH]c2c1CCCC2.CC(C)c1nc2ncccn2n1.CC(C)c1nccs1.CC(C)c1ncno1. The van der Waals surface area contributed by atoms with Gasteiger partial charge in [-0.3, -0.25) is 15.3 Å². The van der Waals surface area contributed by atoms with Gasteiger partial charge in [-0.1, -0.05) is 154 Å². The Morgan fingerprint density at radius 3 is 1.64 bits per heavy atom. The van der Waals surface area contributed by atoms with E-state index in [1.165, 1.54) is 113 Å². The number of aromatic nitrogens is 17. The zero-order valence-electron chi connectivity index (χ0n) is 57.0. The lowest BCUT2D eigenvalue weighted by atomic mass is 9.93. The minimum atomic E-state index is 0.345. The lowest BCUT2D eigenvalue weighted by Gasteiger charge is -2.12. The van der Waals surface area contributed by atoms with Crippen LogP contribution in [0.25, 0.3) is 22.3 Å². The van der Waals surface area contributed by atoms with Crippen molar-refractivity contribution < 1.29 is 8.94 Å². The molecule has 0 atom stereocenters. The van der Waals surface area contributed by atoms with Gasteiger partial charge >= 0.3 is 0 Å². The summed E-state index contributed by atoms with van der Waals surface area (Å²) in [5, 5.41) is 40.9. The maximum Gasteiger partial charge on any atom is 0.252 e. The maximum atomic E-state index is 4.76. The number of para-hydroxylation sites is 1. The molecular formula is C70H99N17O2S2. The molecule has 19 nitrogen and oxygen atoms in total. The summed E-state index contributed by atoms with van der Waals surface area (Å²) in [7, 11) is 0. The lowest BCUT2D eigenvalue weighted by Crippen LogP contribution is -2.03. The average Bonchev–Trinajstić information content (AvgIpc) is 2.12. The molecule has 0 amide bonds. The van der Waals surface area contributed by atoms with Crippen LogP contribution in [0, 0.1) is 0 Å². The number of H-pyrrole nitrogens is 3. The molecule has 2 aliphatic carbocycles. The minimum Gasteiger partial charge on any atom is -0.451 e. The van der Waals surface area contributed by atoms with Gasteiger partial charge in [0, 0.05) is 87.5 Å². The summed E-state index contributed by atoms with van der Waals surface area (Å²) in [6.45, 7) is 38.5. The zero-order valence-corrected chi connectivity index (χ0v) is 58.6. The standard InChI is InChI=1S/C10H16N2.C10H12N2.C9H11N3.C9H14N2.C8H10N4.C7H10S.C6H9NO.C6H9NS.C5H8N2O/c2*1-7(2)10-8-5-3-4-6-9(8)11-12-10;1-7(2)8-6-9-10-4-3-5-12(9)11-8;1-6(2)9-7-4-3-5-8(7)10-11-9;1-6(2)7-10-8-9-4-3-5-12(8)11-7;1-6(2)7-4-3-5-8-7;1-5(2)6-3-8-4-7-6;1-5(2)6-7-3-4-8-6;1-4(2)5-6-3-7-8-5/h7H,3-6H2,1-2H3,(H,11,12);3-7H,1-2H3,(H,11,12);3-7H,1-2H3;6H,3-5H2,1-2H3,(H,10,11);3-6H,1-2H3;3-6H,1-2H3;2*3-5H,1-2H3;3-4H,1-2H3. The van der Waals surface area contributed by atoms with Crippen molar-refractivity contribution in [3.63, 3.8) is 0 Å². The van der Waals surface area contributed by atoms with Gasteiger partial charge in [0.1, 0.15) is 6.26 Å². The Balaban J connectivity index is 0.000000164. The molecule has 14 rings (SSSR count). The molecule has 1 aromatic carbocycles. The smallest absolute Gasteiger partial charge is 0.252 e. The highest BCUT2D eigenvalue weighted by Gasteiger charge is 2.20. The summed E-state index contributed by atoms with van der Waals surface area (Å²) < 4.78 is 13.0. The van der Waals surface area contributed by atoms with Crippen LogP contribution in [0.3, 0.4) is 0 Å². The van der Waals surface area contributed by atoms with Gasteiger partial charge in [-0.25, -0.2) is 29.0 Å². The van der Waals surface area contributed by atoms with Crippen molar-refractivity contribution in [1.29, 1.82) is 0 Å². The van der Waals surface area contributed by atoms with E-state index in [0.29, 0.717) is 64.9 Å². The summed E-state index contributed by atoms with van der Waals surface area (Å²) in [6, 6.07) is 18.2. The summed E-state index contributed by atoms with van der Waals surface area (Å²) in [5.41, 5.74) is 13.7. The molecule has 0 saturated carbocycles. The van der Waals surface area contributed by atoms with Crippen LogP contribution in [0.2, 0.25) is 0 Å². The predicted octanol–water partition coefficient (Wildman–Crippen LogP) is 18.3. The van der Waals surface area contributed by atoms with Crippen LogP contribution in [-0.2, 0) is 25.7 Å².